The summed E-state index contributed by atoms with van der Waals surface area (Å²) in [5.41, 5.74) is 0.738. The summed E-state index contributed by atoms with van der Waals surface area (Å²) in [5, 5.41) is 9.75. The average Bonchev–Trinajstić information content (AvgIpc) is 2.23. The summed E-state index contributed by atoms with van der Waals surface area (Å²) < 4.78 is 0. The van der Waals surface area contributed by atoms with Crippen LogP contribution in [0.15, 0.2) is 41.3 Å². The number of phenols is 1. The molecule has 0 bridgehead atoms. The number of pyridine rings is 1. The fraction of sp³-hybridized carbons (Fsp3) is 0. The Labute approximate surface area is 91.0 Å². The standard InChI is InChI=1S/C11H8ClNO2/c12-10-4-3-7(14)6-9(10)8-2-1-5-13-11(8)15/h1-6,14H,(H,13,15). The maximum Gasteiger partial charge on any atom is 0.255 e. The van der Waals surface area contributed by atoms with Crippen molar-refractivity contribution in [3.8, 4) is 16.9 Å². The molecule has 3 nitrogen and oxygen atoms in total. The molecule has 0 saturated carbocycles. The number of nitrogens with one attached hydrogen (secondary N) is 1. The summed E-state index contributed by atoms with van der Waals surface area (Å²) in [6.07, 6.45) is 1.54. The Morgan fingerprint density at radius 3 is 2.73 bits per heavy atom. The van der Waals surface area contributed by atoms with E-state index in [9.17, 15) is 9.90 Å². The zero-order chi connectivity index (χ0) is 10.8. The van der Waals surface area contributed by atoms with Gasteiger partial charge >= 0.3 is 0 Å². The Morgan fingerprint density at radius 1 is 1.20 bits per heavy atom. The molecule has 76 valence electrons. The maximum absolute atomic E-state index is 11.5. The monoisotopic (exact) mass is 221 g/mol. The van der Waals surface area contributed by atoms with Crippen molar-refractivity contribution < 1.29 is 5.11 Å². The van der Waals surface area contributed by atoms with Gasteiger partial charge in [0, 0.05) is 22.3 Å². The largest absolute Gasteiger partial charge is 0.508 e. The van der Waals surface area contributed by atoms with E-state index < -0.39 is 0 Å². The quantitative estimate of drug-likeness (QED) is 0.777. The summed E-state index contributed by atoms with van der Waals surface area (Å²) >= 11 is 5.94. The van der Waals surface area contributed by atoms with Crippen molar-refractivity contribution in [2.45, 2.75) is 0 Å². The first-order chi connectivity index (χ1) is 7.18. The fourth-order valence-corrected chi connectivity index (χ4v) is 1.57. The summed E-state index contributed by atoms with van der Waals surface area (Å²) in [6.45, 7) is 0. The molecule has 2 N–H and O–H groups in total. The predicted molar refractivity (Wildman–Crippen MR) is 59.2 cm³/mol. The van der Waals surface area contributed by atoms with Crippen molar-refractivity contribution in [3.63, 3.8) is 0 Å². The Hall–Kier alpha value is -1.74. The Morgan fingerprint density at radius 2 is 2.00 bits per heavy atom. The third kappa shape index (κ3) is 1.87. The van der Waals surface area contributed by atoms with Crippen molar-refractivity contribution >= 4 is 11.6 Å². The molecule has 0 amide bonds. The van der Waals surface area contributed by atoms with Crippen LogP contribution in [0.3, 0.4) is 0 Å². The second-order valence-electron chi connectivity index (χ2n) is 3.08. The Kier molecular flexibility index (Phi) is 2.47. The predicted octanol–water partition coefficient (Wildman–Crippen LogP) is 2.40. The average molecular weight is 222 g/mol. The first-order valence-corrected chi connectivity index (χ1v) is 4.73. The molecule has 2 aromatic rings. The van der Waals surface area contributed by atoms with E-state index in [1.54, 1.807) is 24.4 Å². The number of aromatic amines is 1. The molecule has 1 aromatic heterocycles. The van der Waals surface area contributed by atoms with Crippen molar-refractivity contribution in [2.75, 3.05) is 0 Å². The van der Waals surface area contributed by atoms with E-state index >= 15 is 0 Å². The van der Waals surface area contributed by atoms with Crippen molar-refractivity contribution in [1.82, 2.24) is 4.98 Å². The number of aromatic hydroxyl groups is 1. The van der Waals surface area contributed by atoms with Gasteiger partial charge in [0.25, 0.3) is 5.56 Å². The number of rotatable bonds is 1. The molecule has 0 radical (unpaired) electrons. The van der Waals surface area contributed by atoms with Gasteiger partial charge in [-0.25, -0.2) is 0 Å². The molecule has 0 aliphatic rings. The SMILES string of the molecule is O=c1[nH]cccc1-c1cc(O)ccc1Cl. The molecule has 0 spiro atoms. The third-order valence-electron chi connectivity index (χ3n) is 2.06. The smallest absolute Gasteiger partial charge is 0.255 e. The van der Waals surface area contributed by atoms with Crippen molar-refractivity contribution in [3.05, 3.63) is 51.9 Å². The Balaban J connectivity index is 2.69. The molecule has 2 rings (SSSR count). The molecule has 0 fully saturated rings. The van der Waals surface area contributed by atoms with Gasteiger partial charge in [0.2, 0.25) is 0 Å². The van der Waals surface area contributed by atoms with Gasteiger partial charge in [0.15, 0.2) is 0 Å². The van der Waals surface area contributed by atoms with Crippen LogP contribution in [0, 0.1) is 0 Å². The zero-order valence-corrected chi connectivity index (χ0v) is 8.45. The molecule has 0 saturated heterocycles. The van der Waals surface area contributed by atoms with Crippen LogP contribution in [0.4, 0.5) is 0 Å². The van der Waals surface area contributed by atoms with Gasteiger partial charge in [-0.1, -0.05) is 11.6 Å². The molecule has 1 heterocycles. The van der Waals surface area contributed by atoms with Gasteiger partial charge < -0.3 is 10.1 Å². The normalized spacial score (nSPS) is 10.2. The number of hydrogen-bond donors (Lipinski definition) is 2. The lowest BCUT2D eigenvalue weighted by Crippen LogP contribution is -2.06. The highest BCUT2D eigenvalue weighted by atomic mass is 35.5. The number of halogens is 1. The highest BCUT2D eigenvalue weighted by Crippen LogP contribution is 2.28. The molecular weight excluding hydrogens is 214 g/mol. The van der Waals surface area contributed by atoms with Crippen molar-refractivity contribution in [2.24, 2.45) is 0 Å². The number of aromatic nitrogens is 1. The molecule has 0 aliphatic carbocycles. The van der Waals surface area contributed by atoms with Crippen LogP contribution in [0.2, 0.25) is 5.02 Å². The van der Waals surface area contributed by atoms with E-state index in [-0.39, 0.29) is 11.3 Å². The molecule has 0 unspecified atom stereocenters. The first kappa shape index (κ1) is 9.80. The third-order valence-corrected chi connectivity index (χ3v) is 2.39. The van der Waals surface area contributed by atoms with Crippen LogP contribution >= 0.6 is 11.6 Å². The van der Waals surface area contributed by atoms with Gasteiger partial charge in [-0.2, -0.15) is 0 Å². The summed E-state index contributed by atoms with van der Waals surface area (Å²) in [4.78, 5) is 14.0. The van der Waals surface area contributed by atoms with E-state index in [0.717, 1.165) is 0 Å². The lowest BCUT2D eigenvalue weighted by molar-refractivity contribution is 0.475. The summed E-state index contributed by atoms with van der Waals surface area (Å²) in [6, 6.07) is 7.85. The van der Waals surface area contributed by atoms with Crippen LogP contribution < -0.4 is 5.56 Å². The lowest BCUT2D eigenvalue weighted by atomic mass is 10.1. The zero-order valence-electron chi connectivity index (χ0n) is 7.70. The second-order valence-corrected chi connectivity index (χ2v) is 3.48. The highest BCUT2D eigenvalue weighted by molar-refractivity contribution is 6.33. The maximum atomic E-state index is 11.5. The molecular formula is C11H8ClNO2. The van der Waals surface area contributed by atoms with Crippen LogP contribution in [0.1, 0.15) is 0 Å². The van der Waals surface area contributed by atoms with Gasteiger partial charge in [-0.3, -0.25) is 4.79 Å². The molecule has 4 heteroatoms. The summed E-state index contributed by atoms with van der Waals surface area (Å²) in [7, 11) is 0. The van der Waals surface area contributed by atoms with Crippen molar-refractivity contribution in [1.29, 1.82) is 0 Å². The van der Waals surface area contributed by atoms with E-state index in [4.69, 9.17) is 11.6 Å². The number of phenolic OH excluding ortho intramolecular Hbond substituents is 1. The van der Waals surface area contributed by atoms with E-state index in [1.807, 2.05) is 0 Å². The van der Waals surface area contributed by atoms with Crippen LogP contribution in [0.25, 0.3) is 11.1 Å². The van der Waals surface area contributed by atoms with Crippen LogP contribution in [0.5, 0.6) is 5.75 Å². The number of H-pyrrole nitrogens is 1. The lowest BCUT2D eigenvalue weighted by Gasteiger charge is -2.03. The highest BCUT2D eigenvalue weighted by Gasteiger charge is 2.07. The number of hydrogen-bond acceptors (Lipinski definition) is 2. The number of benzene rings is 1. The minimum atomic E-state index is -0.231. The second kappa shape index (κ2) is 3.79. The fourth-order valence-electron chi connectivity index (χ4n) is 1.35. The van der Waals surface area contributed by atoms with E-state index in [2.05, 4.69) is 4.98 Å². The molecule has 0 atom stereocenters. The minimum Gasteiger partial charge on any atom is -0.508 e. The Bertz CT molecular complexity index is 548. The molecule has 1 aromatic carbocycles. The first-order valence-electron chi connectivity index (χ1n) is 4.35. The van der Waals surface area contributed by atoms with Gasteiger partial charge in [0.05, 0.1) is 0 Å². The van der Waals surface area contributed by atoms with Crippen LogP contribution in [-0.4, -0.2) is 10.1 Å². The topological polar surface area (TPSA) is 53.1 Å². The van der Waals surface area contributed by atoms with Gasteiger partial charge in [0.1, 0.15) is 5.75 Å². The van der Waals surface area contributed by atoms with E-state index in [1.165, 1.54) is 12.1 Å². The summed E-state index contributed by atoms with van der Waals surface area (Å²) in [5.74, 6) is 0.0812. The molecule has 15 heavy (non-hydrogen) atoms. The van der Waals surface area contributed by atoms with Gasteiger partial charge in [-0.05, 0) is 30.3 Å². The van der Waals surface area contributed by atoms with E-state index in [0.29, 0.717) is 16.1 Å². The van der Waals surface area contributed by atoms with Crippen LogP contribution in [-0.2, 0) is 0 Å². The molecule has 0 aliphatic heterocycles. The minimum absolute atomic E-state index is 0.0812. The van der Waals surface area contributed by atoms with Gasteiger partial charge in [-0.15, -0.1) is 0 Å².